The standard InChI is InChI=1S/C18H27NO8/c1-12(8-6-7-9-20)14(21)13-15(26-10-22-2)16(24-4)18(25-5)19-17(13)27-11-23-3/h6-7,12,20H,8-11H2,1-5H3/b7-6+/t12-/m0/s1. The fourth-order valence-electron chi connectivity index (χ4n) is 2.25. The molecule has 1 atom stereocenters. The number of aliphatic hydroxyl groups is 1. The normalized spacial score (nSPS) is 12.1. The van der Waals surface area contributed by atoms with Gasteiger partial charge in [0, 0.05) is 20.1 Å². The van der Waals surface area contributed by atoms with Gasteiger partial charge in [-0.05, 0) is 6.42 Å². The highest BCUT2D eigenvalue weighted by Crippen LogP contribution is 2.44. The van der Waals surface area contributed by atoms with Gasteiger partial charge in [0.1, 0.15) is 5.56 Å². The monoisotopic (exact) mass is 385 g/mol. The number of methoxy groups -OCH3 is 4. The molecule has 0 aliphatic carbocycles. The van der Waals surface area contributed by atoms with E-state index in [1.54, 1.807) is 19.1 Å². The van der Waals surface area contributed by atoms with Gasteiger partial charge in [0.2, 0.25) is 11.6 Å². The molecule has 0 aromatic carbocycles. The van der Waals surface area contributed by atoms with Crippen LogP contribution in [-0.4, -0.2) is 64.5 Å². The summed E-state index contributed by atoms with van der Waals surface area (Å²) in [6, 6.07) is 0. The summed E-state index contributed by atoms with van der Waals surface area (Å²) in [4.78, 5) is 17.3. The van der Waals surface area contributed by atoms with Gasteiger partial charge < -0.3 is 33.5 Å². The van der Waals surface area contributed by atoms with Crippen LogP contribution >= 0.6 is 0 Å². The predicted octanol–water partition coefficient (Wildman–Crippen LogP) is 1.82. The third-order valence-electron chi connectivity index (χ3n) is 3.53. The summed E-state index contributed by atoms with van der Waals surface area (Å²) in [6.07, 6.45) is 3.71. The molecule has 0 unspecified atom stereocenters. The van der Waals surface area contributed by atoms with Crippen LogP contribution in [0.4, 0.5) is 0 Å². The quantitative estimate of drug-likeness (QED) is 0.309. The van der Waals surface area contributed by atoms with Crippen LogP contribution in [0.1, 0.15) is 23.7 Å². The highest BCUT2D eigenvalue weighted by Gasteiger charge is 2.31. The number of allylic oxidation sites excluding steroid dienone is 1. The first-order chi connectivity index (χ1) is 13.0. The zero-order chi connectivity index (χ0) is 20.2. The number of rotatable bonds is 13. The average Bonchev–Trinajstić information content (AvgIpc) is 2.69. The van der Waals surface area contributed by atoms with E-state index in [0.717, 1.165) is 0 Å². The molecule has 0 bridgehead atoms. The molecule has 0 aliphatic rings. The van der Waals surface area contributed by atoms with Gasteiger partial charge in [0.15, 0.2) is 25.1 Å². The van der Waals surface area contributed by atoms with Crippen LogP contribution in [0.3, 0.4) is 0 Å². The molecule has 9 nitrogen and oxygen atoms in total. The number of aromatic nitrogens is 1. The predicted molar refractivity (Wildman–Crippen MR) is 96.7 cm³/mol. The number of aliphatic hydroxyl groups excluding tert-OH is 1. The van der Waals surface area contributed by atoms with Crippen molar-refractivity contribution in [1.82, 2.24) is 4.98 Å². The summed E-state index contributed by atoms with van der Waals surface area (Å²) in [5, 5.41) is 8.86. The number of Topliss-reactive ketones (excluding diaryl/α,β-unsaturated/α-hetero) is 1. The molecule has 9 heteroatoms. The van der Waals surface area contributed by atoms with Crippen LogP contribution < -0.4 is 18.9 Å². The minimum Gasteiger partial charge on any atom is -0.489 e. The number of hydrogen-bond acceptors (Lipinski definition) is 9. The molecule has 1 aromatic heterocycles. The second kappa shape index (κ2) is 12.1. The number of hydrogen-bond donors (Lipinski definition) is 1. The Bertz CT molecular complexity index is 632. The Kier molecular flexibility index (Phi) is 10.2. The molecular weight excluding hydrogens is 358 g/mol. The third-order valence-corrected chi connectivity index (χ3v) is 3.53. The number of carbonyl (C=O) groups is 1. The van der Waals surface area contributed by atoms with Gasteiger partial charge in [-0.1, -0.05) is 19.1 Å². The molecule has 152 valence electrons. The molecule has 1 N–H and O–H groups in total. The number of ketones is 1. The SMILES string of the molecule is COCOc1nc(OC)c(OC)c(OCOC)c1C(=O)[C@@H](C)C/C=C/CO. The van der Waals surface area contributed by atoms with Crippen LogP contribution in [0.2, 0.25) is 0 Å². The maximum absolute atomic E-state index is 13.1. The lowest BCUT2D eigenvalue weighted by molar-refractivity contribution is 0.0398. The van der Waals surface area contributed by atoms with Crippen molar-refractivity contribution in [3.8, 4) is 23.3 Å². The lowest BCUT2D eigenvalue weighted by atomic mass is 9.96. The van der Waals surface area contributed by atoms with Crippen molar-refractivity contribution in [3.05, 3.63) is 17.7 Å². The van der Waals surface area contributed by atoms with Crippen molar-refractivity contribution >= 4 is 5.78 Å². The molecule has 0 fully saturated rings. The molecule has 1 aromatic rings. The van der Waals surface area contributed by atoms with Crippen molar-refractivity contribution in [3.63, 3.8) is 0 Å². The molecule has 1 rings (SSSR count). The Balaban J connectivity index is 3.48. The Morgan fingerprint density at radius 3 is 2.22 bits per heavy atom. The Labute approximate surface area is 158 Å². The first kappa shape index (κ1) is 22.7. The van der Waals surface area contributed by atoms with Gasteiger partial charge in [-0.2, -0.15) is 4.98 Å². The van der Waals surface area contributed by atoms with E-state index >= 15 is 0 Å². The zero-order valence-corrected chi connectivity index (χ0v) is 16.3. The van der Waals surface area contributed by atoms with Crippen LogP contribution in [0.5, 0.6) is 23.3 Å². The van der Waals surface area contributed by atoms with Crippen LogP contribution in [-0.2, 0) is 9.47 Å². The van der Waals surface area contributed by atoms with Gasteiger partial charge >= 0.3 is 0 Å². The van der Waals surface area contributed by atoms with Crippen molar-refractivity contribution in [2.75, 3.05) is 48.6 Å². The van der Waals surface area contributed by atoms with Crippen molar-refractivity contribution in [2.24, 2.45) is 5.92 Å². The Morgan fingerprint density at radius 1 is 1.00 bits per heavy atom. The molecule has 1 heterocycles. The highest BCUT2D eigenvalue weighted by atomic mass is 16.7. The maximum atomic E-state index is 13.1. The van der Waals surface area contributed by atoms with Gasteiger partial charge in [-0.3, -0.25) is 4.79 Å². The van der Waals surface area contributed by atoms with E-state index in [-0.39, 0.29) is 54.8 Å². The summed E-state index contributed by atoms with van der Waals surface area (Å²) >= 11 is 0. The molecule has 0 saturated heterocycles. The highest BCUT2D eigenvalue weighted by molar-refractivity contribution is 6.03. The van der Waals surface area contributed by atoms with E-state index in [9.17, 15) is 4.79 Å². The van der Waals surface area contributed by atoms with Crippen LogP contribution in [0.15, 0.2) is 12.2 Å². The summed E-state index contributed by atoms with van der Waals surface area (Å²) in [5.41, 5.74) is 0.103. The van der Waals surface area contributed by atoms with Crippen molar-refractivity contribution in [2.45, 2.75) is 13.3 Å². The molecule has 0 saturated carbocycles. The summed E-state index contributed by atoms with van der Waals surface area (Å²) in [7, 11) is 5.73. The molecule has 0 amide bonds. The summed E-state index contributed by atoms with van der Waals surface area (Å²) in [6.45, 7) is 1.42. The number of ether oxygens (including phenoxy) is 6. The Hall–Kier alpha value is -2.36. The lowest BCUT2D eigenvalue weighted by Gasteiger charge is -2.20. The topological polar surface area (TPSA) is 106 Å². The number of nitrogens with zero attached hydrogens (tertiary/aromatic N) is 1. The van der Waals surface area contributed by atoms with Gasteiger partial charge in [-0.25, -0.2) is 0 Å². The van der Waals surface area contributed by atoms with Crippen LogP contribution in [0.25, 0.3) is 0 Å². The largest absolute Gasteiger partial charge is 0.489 e. The van der Waals surface area contributed by atoms with E-state index in [1.165, 1.54) is 28.4 Å². The van der Waals surface area contributed by atoms with E-state index in [2.05, 4.69) is 4.98 Å². The fraction of sp³-hybridized carbons (Fsp3) is 0.556. The fourth-order valence-corrected chi connectivity index (χ4v) is 2.25. The van der Waals surface area contributed by atoms with Crippen LogP contribution in [0, 0.1) is 5.92 Å². The minimum absolute atomic E-state index is 0.00332. The maximum Gasteiger partial charge on any atom is 0.264 e. The third kappa shape index (κ3) is 6.09. The van der Waals surface area contributed by atoms with Gasteiger partial charge in [-0.15, -0.1) is 0 Å². The van der Waals surface area contributed by atoms with Gasteiger partial charge in [0.25, 0.3) is 5.88 Å². The number of pyridine rings is 1. The first-order valence-electron chi connectivity index (χ1n) is 8.25. The van der Waals surface area contributed by atoms with E-state index in [4.69, 9.17) is 33.5 Å². The molecule has 0 aliphatic heterocycles. The molecule has 0 radical (unpaired) electrons. The summed E-state index contributed by atoms with van der Waals surface area (Å²) < 4.78 is 31.5. The van der Waals surface area contributed by atoms with Crippen molar-refractivity contribution < 1.29 is 38.3 Å². The second-order valence-corrected chi connectivity index (χ2v) is 5.42. The zero-order valence-electron chi connectivity index (χ0n) is 16.3. The van der Waals surface area contributed by atoms with E-state index in [1.807, 2.05) is 0 Å². The van der Waals surface area contributed by atoms with E-state index < -0.39 is 5.92 Å². The smallest absolute Gasteiger partial charge is 0.264 e. The molecule has 0 spiro atoms. The average molecular weight is 385 g/mol. The van der Waals surface area contributed by atoms with E-state index in [0.29, 0.717) is 6.42 Å². The molecule has 27 heavy (non-hydrogen) atoms. The lowest BCUT2D eigenvalue weighted by Crippen LogP contribution is -2.18. The van der Waals surface area contributed by atoms with Gasteiger partial charge in [0.05, 0.1) is 20.8 Å². The molecular formula is C18H27NO8. The first-order valence-corrected chi connectivity index (χ1v) is 8.25. The Morgan fingerprint density at radius 2 is 1.67 bits per heavy atom. The second-order valence-electron chi connectivity index (χ2n) is 5.42. The minimum atomic E-state index is -0.428. The number of carbonyl (C=O) groups excluding carboxylic acids is 1. The summed E-state index contributed by atoms with van der Waals surface area (Å²) in [5.74, 6) is -0.338. The van der Waals surface area contributed by atoms with Crippen molar-refractivity contribution in [1.29, 1.82) is 0 Å².